The van der Waals surface area contributed by atoms with Crippen molar-refractivity contribution < 1.29 is 9.21 Å². The fraction of sp³-hybridized carbons (Fsp3) is 0.250. The van der Waals surface area contributed by atoms with E-state index in [1.54, 1.807) is 17.6 Å². The summed E-state index contributed by atoms with van der Waals surface area (Å²) in [6.07, 6.45) is 3.40. The van der Waals surface area contributed by atoms with E-state index in [-0.39, 0.29) is 5.78 Å². The van der Waals surface area contributed by atoms with Gasteiger partial charge in [0.05, 0.1) is 6.26 Å². The maximum Gasteiger partial charge on any atom is 0.138 e. The highest BCUT2D eigenvalue weighted by atomic mass is 79.9. The smallest absolute Gasteiger partial charge is 0.138 e. The summed E-state index contributed by atoms with van der Waals surface area (Å²) in [7, 11) is 0. The maximum absolute atomic E-state index is 11.7. The van der Waals surface area contributed by atoms with Gasteiger partial charge in [0, 0.05) is 34.0 Å². The lowest BCUT2D eigenvalue weighted by atomic mass is 10.1. The molecule has 2 nitrogen and oxygen atoms in total. The monoisotopic (exact) mass is 298 g/mol. The Kier molecular flexibility index (Phi) is 3.96. The molecule has 0 spiro atoms. The first kappa shape index (κ1) is 11.6. The first-order valence-electron chi connectivity index (χ1n) is 5.01. The van der Waals surface area contributed by atoms with E-state index < -0.39 is 0 Å². The van der Waals surface area contributed by atoms with E-state index in [0.29, 0.717) is 19.3 Å². The molecule has 0 aliphatic heterocycles. The minimum atomic E-state index is 0.255. The Hall–Kier alpha value is -0.870. The zero-order valence-electron chi connectivity index (χ0n) is 8.61. The Morgan fingerprint density at radius 1 is 1.50 bits per heavy atom. The highest BCUT2D eigenvalue weighted by molar-refractivity contribution is 9.10. The van der Waals surface area contributed by atoms with Crippen LogP contribution in [0.3, 0.4) is 0 Å². The number of furan rings is 1. The van der Waals surface area contributed by atoms with Crippen LogP contribution in [0.1, 0.15) is 17.1 Å². The van der Waals surface area contributed by atoms with E-state index in [1.807, 2.05) is 23.6 Å². The van der Waals surface area contributed by atoms with E-state index in [4.69, 9.17) is 4.42 Å². The number of carbonyl (C=O) groups is 1. The van der Waals surface area contributed by atoms with E-state index >= 15 is 0 Å². The first-order valence-corrected chi connectivity index (χ1v) is 6.68. The summed E-state index contributed by atoms with van der Waals surface area (Å²) >= 11 is 4.99. The lowest BCUT2D eigenvalue weighted by Crippen LogP contribution is -2.02. The molecule has 0 saturated heterocycles. The number of hydrogen-bond donors (Lipinski definition) is 0. The van der Waals surface area contributed by atoms with Crippen LogP contribution >= 0.6 is 27.3 Å². The highest BCUT2D eigenvalue weighted by Crippen LogP contribution is 2.20. The van der Waals surface area contributed by atoms with Crippen LogP contribution in [0.25, 0.3) is 0 Å². The van der Waals surface area contributed by atoms with Gasteiger partial charge in [0.15, 0.2) is 0 Å². The lowest BCUT2D eigenvalue weighted by molar-refractivity contribution is -0.118. The van der Waals surface area contributed by atoms with Gasteiger partial charge >= 0.3 is 0 Å². The van der Waals surface area contributed by atoms with E-state index in [2.05, 4.69) is 15.9 Å². The van der Waals surface area contributed by atoms with Crippen molar-refractivity contribution in [1.82, 2.24) is 0 Å². The molecule has 2 aromatic rings. The summed E-state index contributed by atoms with van der Waals surface area (Å²) in [6.45, 7) is 0. The van der Waals surface area contributed by atoms with Gasteiger partial charge in [-0.3, -0.25) is 4.79 Å². The summed E-state index contributed by atoms with van der Waals surface area (Å²) in [5.41, 5.74) is 0. The van der Waals surface area contributed by atoms with Crippen LogP contribution in [0.15, 0.2) is 38.7 Å². The molecular formula is C12H11BrO2S. The van der Waals surface area contributed by atoms with Crippen molar-refractivity contribution in [3.63, 3.8) is 0 Å². The molecule has 2 aromatic heterocycles. The van der Waals surface area contributed by atoms with Gasteiger partial charge in [-0.15, -0.1) is 11.3 Å². The predicted octanol–water partition coefficient (Wildman–Crippen LogP) is 3.85. The van der Waals surface area contributed by atoms with Crippen molar-refractivity contribution in [1.29, 1.82) is 0 Å². The van der Waals surface area contributed by atoms with Gasteiger partial charge in [-0.25, -0.2) is 0 Å². The molecule has 0 bridgehead atoms. The van der Waals surface area contributed by atoms with Gasteiger partial charge < -0.3 is 4.42 Å². The minimum Gasteiger partial charge on any atom is -0.469 e. The Morgan fingerprint density at radius 3 is 3.00 bits per heavy atom. The second-order valence-corrected chi connectivity index (χ2v) is 5.44. The number of aryl methyl sites for hydroxylation is 1. The summed E-state index contributed by atoms with van der Waals surface area (Å²) in [5, 5.41) is 2.00. The Morgan fingerprint density at radius 2 is 2.38 bits per heavy atom. The Labute approximate surface area is 106 Å². The number of rotatable bonds is 5. The SMILES string of the molecule is O=C(CCc1ccco1)Cc1cc(Br)cs1. The van der Waals surface area contributed by atoms with Crippen LogP contribution in [-0.4, -0.2) is 5.78 Å². The van der Waals surface area contributed by atoms with Gasteiger partial charge in [-0.1, -0.05) is 0 Å². The van der Waals surface area contributed by atoms with Crippen molar-refractivity contribution in [3.8, 4) is 0 Å². The maximum atomic E-state index is 11.7. The fourth-order valence-electron chi connectivity index (χ4n) is 1.45. The summed E-state index contributed by atoms with van der Waals surface area (Å²) < 4.78 is 6.23. The van der Waals surface area contributed by atoms with Gasteiger partial charge in [0.1, 0.15) is 11.5 Å². The molecule has 0 aliphatic rings. The van der Waals surface area contributed by atoms with Gasteiger partial charge in [0.2, 0.25) is 0 Å². The van der Waals surface area contributed by atoms with Crippen molar-refractivity contribution in [2.45, 2.75) is 19.3 Å². The number of carbonyl (C=O) groups excluding carboxylic acids is 1. The molecule has 2 heterocycles. The lowest BCUT2D eigenvalue weighted by Gasteiger charge is -1.97. The van der Waals surface area contributed by atoms with E-state index in [0.717, 1.165) is 15.1 Å². The van der Waals surface area contributed by atoms with Crippen LogP contribution in [0.2, 0.25) is 0 Å². The molecule has 0 radical (unpaired) electrons. The highest BCUT2D eigenvalue weighted by Gasteiger charge is 2.07. The first-order chi connectivity index (χ1) is 7.74. The molecule has 84 valence electrons. The van der Waals surface area contributed by atoms with E-state index in [9.17, 15) is 4.79 Å². The van der Waals surface area contributed by atoms with Crippen LogP contribution in [0, 0.1) is 0 Å². The zero-order chi connectivity index (χ0) is 11.4. The van der Waals surface area contributed by atoms with Crippen LogP contribution in [0.4, 0.5) is 0 Å². The molecule has 4 heteroatoms. The number of halogens is 1. The predicted molar refractivity (Wildman–Crippen MR) is 67.8 cm³/mol. The third-order valence-corrected chi connectivity index (χ3v) is 3.92. The molecule has 16 heavy (non-hydrogen) atoms. The van der Waals surface area contributed by atoms with Gasteiger partial charge in [-0.2, -0.15) is 0 Å². The van der Waals surface area contributed by atoms with Crippen molar-refractivity contribution in [2.75, 3.05) is 0 Å². The number of Topliss-reactive ketones (excluding diaryl/α,β-unsaturated/α-hetero) is 1. The molecular weight excluding hydrogens is 288 g/mol. The van der Waals surface area contributed by atoms with Crippen LogP contribution in [0.5, 0.6) is 0 Å². The number of thiophene rings is 1. The molecule has 0 atom stereocenters. The van der Waals surface area contributed by atoms with Crippen LogP contribution in [-0.2, 0) is 17.6 Å². The topological polar surface area (TPSA) is 30.2 Å². The fourth-order valence-corrected chi connectivity index (χ4v) is 2.93. The molecule has 0 amide bonds. The Bertz CT molecular complexity index is 459. The quantitative estimate of drug-likeness (QED) is 0.839. The van der Waals surface area contributed by atoms with Crippen LogP contribution < -0.4 is 0 Å². The third kappa shape index (κ3) is 3.32. The van der Waals surface area contributed by atoms with Gasteiger partial charge in [-0.05, 0) is 34.1 Å². The minimum absolute atomic E-state index is 0.255. The zero-order valence-corrected chi connectivity index (χ0v) is 11.0. The molecule has 0 unspecified atom stereocenters. The largest absolute Gasteiger partial charge is 0.469 e. The van der Waals surface area contributed by atoms with Crippen molar-refractivity contribution in [2.24, 2.45) is 0 Å². The average Bonchev–Trinajstić information content (AvgIpc) is 2.87. The second kappa shape index (κ2) is 5.46. The Balaban J connectivity index is 1.81. The van der Waals surface area contributed by atoms with Gasteiger partial charge in [0.25, 0.3) is 0 Å². The summed E-state index contributed by atoms with van der Waals surface area (Å²) in [5.74, 6) is 1.13. The van der Waals surface area contributed by atoms with Crippen molar-refractivity contribution >= 4 is 33.0 Å². The number of hydrogen-bond acceptors (Lipinski definition) is 3. The third-order valence-electron chi connectivity index (χ3n) is 2.22. The summed E-state index contributed by atoms with van der Waals surface area (Å²) in [4.78, 5) is 12.8. The molecule has 0 saturated carbocycles. The van der Waals surface area contributed by atoms with Crippen molar-refractivity contribution in [3.05, 3.63) is 45.0 Å². The second-order valence-electron chi connectivity index (χ2n) is 3.53. The molecule has 0 fully saturated rings. The average molecular weight is 299 g/mol. The molecule has 0 aliphatic carbocycles. The molecule has 0 N–H and O–H groups in total. The molecule has 0 aromatic carbocycles. The number of ketones is 1. The molecule has 2 rings (SSSR count). The normalized spacial score (nSPS) is 10.6. The summed E-state index contributed by atoms with van der Waals surface area (Å²) in [6, 6.07) is 5.74. The standard InChI is InChI=1S/C12H11BrO2S/c13-9-6-12(16-8-9)7-10(14)3-4-11-2-1-5-15-11/h1-2,5-6,8H,3-4,7H2. The van der Waals surface area contributed by atoms with E-state index in [1.165, 1.54) is 0 Å².